The number of rotatable bonds is 3. The smallest absolute Gasteiger partial charge is 0.208 e. The predicted octanol–water partition coefficient (Wildman–Crippen LogP) is 4.96. The van der Waals surface area contributed by atoms with Gasteiger partial charge in [-0.05, 0) is 0 Å². The molecule has 10 rings (SSSR count). The van der Waals surface area contributed by atoms with Crippen LogP contribution in [0.2, 0.25) is 0 Å². The van der Waals surface area contributed by atoms with Crippen LogP contribution in [0, 0.1) is 0 Å². The zero-order valence-electron chi connectivity index (χ0n) is 35.9. The predicted molar refractivity (Wildman–Crippen MR) is 247 cm³/mol. The number of aromatic hydroxyl groups is 28. The fraction of sp³-hybridized carbons (Fsp3) is 0. The Bertz CT molecular complexity index is 4330. The Morgan fingerprint density at radius 3 is 0.707 bits per heavy atom. The molecule has 0 bridgehead atoms. The second-order valence-electron chi connectivity index (χ2n) is 16.5. The molecule has 0 spiro atoms. The fourth-order valence-electron chi connectivity index (χ4n) is 9.49. The molecule has 28 N–H and O–H groups in total. The van der Waals surface area contributed by atoms with Gasteiger partial charge in [0.15, 0.2) is 85.9 Å². The van der Waals surface area contributed by atoms with Crippen molar-refractivity contribution in [2.24, 2.45) is 0 Å². The van der Waals surface area contributed by atoms with Gasteiger partial charge in [-0.3, -0.25) is 0 Å². The highest BCUT2D eigenvalue weighted by atomic mass is 16.4. The lowest BCUT2D eigenvalue weighted by Crippen LogP contribution is -1.98. The average molecular weight is 1040 g/mol. The topological polar surface area (TPSA) is 580 Å². The lowest BCUT2D eigenvalue weighted by Gasteiger charge is -2.25. The van der Waals surface area contributed by atoms with Crippen molar-refractivity contribution in [3.05, 3.63) is 0 Å². The molecule has 0 aliphatic rings. The molecular weight excluding hydrogens is 1020 g/mol. The van der Waals surface area contributed by atoms with Gasteiger partial charge in [0.25, 0.3) is 0 Å². The molecule has 29 heteroatoms. The van der Waals surface area contributed by atoms with Crippen LogP contribution in [0.4, 0.5) is 0 Å². The normalized spacial score (nSPS) is 11.9. The summed E-state index contributed by atoms with van der Waals surface area (Å²) in [5.74, 6) is -47.7. The third-order valence-electron chi connectivity index (χ3n) is 12.9. The van der Waals surface area contributed by atoms with Crippen LogP contribution in [-0.4, -0.2) is 143 Å². The molecule has 386 valence electrons. The second-order valence-corrected chi connectivity index (χ2v) is 16.5. The Morgan fingerprint density at radius 2 is 0.320 bits per heavy atom. The van der Waals surface area contributed by atoms with Crippen molar-refractivity contribution in [3.8, 4) is 194 Å². The van der Waals surface area contributed by atoms with E-state index in [1.165, 1.54) is 0 Å². The van der Waals surface area contributed by atoms with Crippen LogP contribution in [0.5, 0.6) is 161 Å². The highest BCUT2D eigenvalue weighted by Gasteiger charge is 2.41. The molecule has 0 amide bonds. The third kappa shape index (κ3) is 5.20. The summed E-state index contributed by atoms with van der Waals surface area (Å²) in [7, 11) is 0. The Labute approximate surface area is 406 Å². The van der Waals surface area contributed by atoms with Crippen LogP contribution in [-0.2, 0) is 0 Å². The third-order valence-corrected chi connectivity index (χ3v) is 12.9. The van der Waals surface area contributed by atoms with Crippen molar-refractivity contribution >= 4 is 65.0 Å². The molecule has 10 aromatic rings. The van der Waals surface area contributed by atoms with Gasteiger partial charge >= 0.3 is 0 Å². The molecule has 9 aromatic carbocycles. The van der Waals surface area contributed by atoms with Crippen molar-refractivity contribution in [2.75, 3.05) is 0 Å². The molecule has 75 heavy (non-hydrogen) atoms. The van der Waals surface area contributed by atoms with E-state index in [9.17, 15) is 143 Å². The van der Waals surface area contributed by atoms with Crippen LogP contribution in [0.3, 0.4) is 0 Å². The van der Waals surface area contributed by atoms with Gasteiger partial charge in [0.05, 0.1) is 43.6 Å². The summed E-state index contributed by atoms with van der Waals surface area (Å²) in [5.41, 5.74) is -11.4. The van der Waals surface area contributed by atoms with Crippen LogP contribution in [0.15, 0.2) is 4.42 Å². The summed E-state index contributed by atoms with van der Waals surface area (Å²) >= 11 is 0. The number of benzene rings is 9. The highest BCUT2D eigenvalue weighted by molar-refractivity contribution is 6.34. The molecule has 0 saturated heterocycles. The summed E-state index contributed by atoms with van der Waals surface area (Å²) in [5, 5.41) is 302. The first-order chi connectivity index (χ1) is 35.0. The van der Waals surface area contributed by atoms with Gasteiger partial charge in [0, 0.05) is 43.6 Å². The van der Waals surface area contributed by atoms with E-state index in [-0.39, 0.29) is 0 Å². The maximum Gasteiger partial charge on any atom is 0.208 e. The number of hydrogen-bond donors (Lipinski definition) is 28. The van der Waals surface area contributed by atoms with Crippen molar-refractivity contribution in [1.29, 1.82) is 0 Å². The summed E-state index contributed by atoms with van der Waals surface area (Å²) in [6, 6.07) is 0. The SMILES string of the molecule is Oc1c(O)c(O)c(-c2c(O)c(-c3c4c(O)c(O)c(O)c(O)c4c(-c4c(O)c(O)c5oc6c7c(O)c(O)c(O)c(O)c7c(O)c(O)c6c5c4O)c4c(O)c(O)c(O)c(O)c34)c(O)c3c(O)c(O)c(O)c(O)c23)c(O)c1O. The average Bonchev–Trinajstić information content (AvgIpc) is 3.79. The number of furan rings is 1. The molecule has 0 fully saturated rings. The van der Waals surface area contributed by atoms with E-state index in [4.69, 9.17) is 4.42 Å². The van der Waals surface area contributed by atoms with Crippen molar-refractivity contribution in [3.63, 3.8) is 0 Å². The van der Waals surface area contributed by atoms with Gasteiger partial charge in [-0.25, -0.2) is 0 Å². The number of phenolic OH excluding ortho intramolecular Hbond substituents is 28. The first kappa shape index (κ1) is 46.9. The molecular formula is C46H28O29. The monoisotopic (exact) mass is 1040 g/mol. The van der Waals surface area contributed by atoms with E-state index >= 15 is 0 Å². The van der Waals surface area contributed by atoms with E-state index in [2.05, 4.69) is 0 Å². The first-order valence-electron chi connectivity index (χ1n) is 20.2. The molecule has 29 nitrogen and oxygen atoms in total. The highest BCUT2D eigenvalue weighted by Crippen LogP contribution is 2.70. The minimum absolute atomic E-state index is 0.994. The lowest BCUT2D eigenvalue weighted by atomic mass is 9.80. The van der Waals surface area contributed by atoms with E-state index in [0.29, 0.717) is 0 Å². The van der Waals surface area contributed by atoms with E-state index in [1.54, 1.807) is 0 Å². The summed E-state index contributed by atoms with van der Waals surface area (Å²) in [6.45, 7) is 0. The van der Waals surface area contributed by atoms with Crippen LogP contribution >= 0.6 is 0 Å². The van der Waals surface area contributed by atoms with Crippen molar-refractivity contribution in [1.82, 2.24) is 0 Å². The van der Waals surface area contributed by atoms with Crippen molar-refractivity contribution < 1.29 is 147 Å². The molecule has 0 aliphatic carbocycles. The number of hydrogen-bond acceptors (Lipinski definition) is 29. The van der Waals surface area contributed by atoms with E-state index < -0.39 is 259 Å². The van der Waals surface area contributed by atoms with Crippen molar-refractivity contribution in [2.45, 2.75) is 0 Å². The summed E-state index contributed by atoms with van der Waals surface area (Å²) in [4.78, 5) is 0. The molecule has 0 saturated carbocycles. The van der Waals surface area contributed by atoms with Gasteiger partial charge in [0.1, 0.15) is 17.2 Å². The summed E-state index contributed by atoms with van der Waals surface area (Å²) in [6.07, 6.45) is 0. The van der Waals surface area contributed by atoms with Gasteiger partial charge in [-0.15, -0.1) is 0 Å². The van der Waals surface area contributed by atoms with E-state index in [1.807, 2.05) is 0 Å². The Balaban J connectivity index is 1.54. The standard InChI is InChI=1S/C46H28O29/c47-17-7(12-27(57)40(70)43(73)41(71)28(12)58)8-11(26(56)38(68)37(67)24(8)54)18(48)9(17)1-3-5(22(52)35(65)33(63)20(3)50)2(6-4(1)21(51)34(64)36(66)23(6)53)10-19(49)15-16-31(61)25(55)13-14(32(62)42(72)39(69)29(13)59)45(16)75-46(15)44(74)30(10)60/h47-74H. The van der Waals surface area contributed by atoms with Gasteiger partial charge in [-0.2, -0.15) is 0 Å². The molecule has 0 atom stereocenters. The second kappa shape index (κ2) is 14.4. The molecule has 1 aromatic heterocycles. The zero-order valence-corrected chi connectivity index (χ0v) is 35.9. The van der Waals surface area contributed by atoms with Crippen LogP contribution in [0.1, 0.15) is 0 Å². The summed E-state index contributed by atoms with van der Waals surface area (Å²) < 4.78 is 5.57. The van der Waals surface area contributed by atoms with Gasteiger partial charge < -0.3 is 147 Å². The number of fused-ring (bicyclic) bond motifs is 8. The Hall–Kier alpha value is -11.8. The van der Waals surface area contributed by atoms with Crippen LogP contribution in [0.25, 0.3) is 98.4 Å². The van der Waals surface area contributed by atoms with E-state index in [0.717, 1.165) is 0 Å². The van der Waals surface area contributed by atoms with Gasteiger partial charge in [-0.1, -0.05) is 0 Å². The lowest BCUT2D eigenvalue weighted by molar-refractivity contribution is 0.329. The largest absolute Gasteiger partial charge is 0.506 e. The molecule has 1 heterocycles. The zero-order chi connectivity index (χ0) is 55.3. The minimum atomic E-state index is -1.89. The quantitative estimate of drug-likeness (QED) is 0.0631. The minimum Gasteiger partial charge on any atom is -0.506 e. The molecule has 0 unspecified atom stereocenters. The van der Waals surface area contributed by atoms with Crippen LogP contribution < -0.4 is 0 Å². The Morgan fingerprint density at radius 1 is 0.120 bits per heavy atom. The first-order valence-corrected chi connectivity index (χ1v) is 20.2. The Kier molecular flexibility index (Phi) is 9.01. The van der Waals surface area contributed by atoms with Gasteiger partial charge in [0.2, 0.25) is 69.0 Å². The molecule has 0 radical (unpaired) electrons. The fourth-order valence-corrected chi connectivity index (χ4v) is 9.49. The molecule has 0 aliphatic heterocycles. The maximum atomic E-state index is 12.4. The number of phenols is 28. The maximum absolute atomic E-state index is 12.4.